The highest BCUT2D eigenvalue weighted by Crippen LogP contribution is 2.22. The van der Waals surface area contributed by atoms with Crippen molar-refractivity contribution in [3.8, 4) is 0 Å². The molecule has 3 heteroatoms. The van der Waals surface area contributed by atoms with E-state index in [0.29, 0.717) is 0 Å². The summed E-state index contributed by atoms with van der Waals surface area (Å²) >= 11 is 1.92. The molecule has 1 aromatic heterocycles. The number of hydrogen-bond acceptors (Lipinski definition) is 3. The molecule has 0 atom stereocenters. The van der Waals surface area contributed by atoms with E-state index in [2.05, 4.69) is 56.6 Å². The predicted octanol–water partition coefficient (Wildman–Crippen LogP) is 4.03. The molecular formula is C16H28N2S. The molecule has 2 nitrogen and oxygen atoms in total. The summed E-state index contributed by atoms with van der Waals surface area (Å²) in [5.74, 6) is 0. The van der Waals surface area contributed by atoms with Crippen molar-refractivity contribution < 1.29 is 0 Å². The van der Waals surface area contributed by atoms with Crippen LogP contribution in [0.15, 0.2) is 24.8 Å². The Hall–Kier alpha value is -0.640. The van der Waals surface area contributed by atoms with E-state index in [9.17, 15) is 0 Å². The molecule has 1 N–H and O–H groups in total. The van der Waals surface area contributed by atoms with Crippen LogP contribution in [0.1, 0.15) is 43.9 Å². The maximum atomic E-state index is 3.86. The molecule has 1 rings (SSSR count). The summed E-state index contributed by atoms with van der Waals surface area (Å²) < 4.78 is 0. The Balaban J connectivity index is 2.57. The van der Waals surface area contributed by atoms with Crippen molar-refractivity contribution in [2.45, 2.75) is 52.7 Å². The van der Waals surface area contributed by atoms with Crippen molar-refractivity contribution in [1.82, 2.24) is 10.2 Å². The first-order chi connectivity index (χ1) is 8.97. The van der Waals surface area contributed by atoms with Crippen molar-refractivity contribution in [3.63, 3.8) is 0 Å². The molecule has 108 valence electrons. The molecular weight excluding hydrogens is 252 g/mol. The van der Waals surface area contributed by atoms with E-state index < -0.39 is 0 Å². The molecule has 0 aliphatic heterocycles. The normalized spacial score (nSPS) is 12.1. The van der Waals surface area contributed by atoms with E-state index in [1.807, 2.05) is 17.4 Å². The lowest BCUT2D eigenvalue weighted by atomic mass is 10.1. The average Bonchev–Trinajstić information content (AvgIpc) is 2.76. The van der Waals surface area contributed by atoms with Gasteiger partial charge in [0.1, 0.15) is 0 Å². The Kier molecular flexibility index (Phi) is 6.76. The first-order valence-electron chi connectivity index (χ1n) is 7.11. The van der Waals surface area contributed by atoms with Crippen LogP contribution >= 0.6 is 11.3 Å². The molecule has 0 aliphatic rings. The molecule has 0 saturated carbocycles. The summed E-state index contributed by atoms with van der Waals surface area (Å²) in [6, 6.07) is 4.51. The fourth-order valence-electron chi connectivity index (χ4n) is 1.91. The maximum absolute atomic E-state index is 3.86. The minimum absolute atomic E-state index is 0.179. The van der Waals surface area contributed by atoms with Gasteiger partial charge in [-0.2, -0.15) is 0 Å². The van der Waals surface area contributed by atoms with Gasteiger partial charge in [0, 0.05) is 34.9 Å². The first-order valence-corrected chi connectivity index (χ1v) is 7.93. The average molecular weight is 280 g/mol. The third kappa shape index (κ3) is 5.89. The molecule has 0 aromatic carbocycles. The van der Waals surface area contributed by atoms with E-state index in [1.54, 1.807) is 0 Å². The minimum atomic E-state index is 0.179. The van der Waals surface area contributed by atoms with Gasteiger partial charge in [-0.1, -0.05) is 13.0 Å². The van der Waals surface area contributed by atoms with Gasteiger partial charge in [-0.3, -0.25) is 4.90 Å². The summed E-state index contributed by atoms with van der Waals surface area (Å²) in [6.45, 7) is 16.9. The van der Waals surface area contributed by atoms with Crippen LogP contribution < -0.4 is 5.32 Å². The van der Waals surface area contributed by atoms with Gasteiger partial charge >= 0.3 is 0 Å². The molecule has 0 aliphatic carbocycles. The van der Waals surface area contributed by atoms with Gasteiger partial charge in [0.15, 0.2) is 0 Å². The van der Waals surface area contributed by atoms with E-state index >= 15 is 0 Å². The second kappa shape index (κ2) is 7.83. The number of nitrogens with zero attached hydrogens (tertiary/aromatic N) is 1. The quantitative estimate of drug-likeness (QED) is 0.571. The smallest absolute Gasteiger partial charge is 0.0336 e. The van der Waals surface area contributed by atoms with Crippen LogP contribution in [0.4, 0.5) is 0 Å². The van der Waals surface area contributed by atoms with Gasteiger partial charge in [-0.25, -0.2) is 0 Å². The van der Waals surface area contributed by atoms with Crippen molar-refractivity contribution in [2.75, 3.05) is 13.1 Å². The summed E-state index contributed by atoms with van der Waals surface area (Å²) in [5, 5.41) is 3.45. The van der Waals surface area contributed by atoms with Crippen LogP contribution in [0.3, 0.4) is 0 Å². The van der Waals surface area contributed by atoms with Gasteiger partial charge in [-0.15, -0.1) is 17.9 Å². The van der Waals surface area contributed by atoms with Crippen LogP contribution in [-0.2, 0) is 13.1 Å². The van der Waals surface area contributed by atoms with Crippen LogP contribution in [0.2, 0.25) is 0 Å². The summed E-state index contributed by atoms with van der Waals surface area (Å²) in [4.78, 5) is 5.32. The molecule has 0 saturated heterocycles. The topological polar surface area (TPSA) is 15.3 Å². The van der Waals surface area contributed by atoms with Gasteiger partial charge < -0.3 is 5.32 Å². The standard InChI is InChI=1S/C16H28N2S/c1-6-10-17-12-14-8-9-15(19-14)13-18(11-7-2)16(3,4)5/h7-9,17H,2,6,10-13H2,1,3-5H3. The lowest BCUT2D eigenvalue weighted by molar-refractivity contribution is 0.147. The molecule has 0 bridgehead atoms. The summed E-state index contributed by atoms with van der Waals surface area (Å²) in [5.41, 5.74) is 0.179. The molecule has 0 unspecified atom stereocenters. The Labute approximate surface area is 122 Å². The van der Waals surface area contributed by atoms with E-state index in [-0.39, 0.29) is 5.54 Å². The Morgan fingerprint density at radius 2 is 2.00 bits per heavy atom. The highest BCUT2D eigenvalue weighted by atomic mass is 32.1. The number of thiophene rings is 1. The maximum Gasteiger partial charge on any atom is 0.0336 e. The Morgan fingerprint density at radius 1 is 1.32 bits per heavy atom. The van der Waals surface area contributed by atoms with Crippen molar-refractivity contribution in [2.24, 2.45) is 0 Å². The number of nitrogens with one attached hydrogen (secondary N) is 1. The van der Waals surface area contributed by atoms with E-state index in [1.165, 1.54) is 16.2 Å². The van der Waals surface area contributed by atoms with Gasteiger partial charge in [0.2, 0.25) is 0 Å². The molecule has 0 radical (unpaired) electrons. The van der Waals surface area contributed by atoms with Gasteiger partial charge in [0.05, 0.1) is 0 Å². The second-order valence-corrected chi connectivity index (χ2v) is 7.14. The zero-order valence-corrected chi connectivity index (χ0v) is 13.6. The van der Waals surface area contributed by atoms with E-state index in [0.717, 1.165) is 26.2 Å². The minimum Gasteiger partial charge on any atom is -0.312 e. The fourth-order valence-corrected chi connectivity index (χ4v) is 2.91. The largest absolute Gasteiger partial charge is 0.312 e. The molecule has 1 heterocycles. The van der Waals surface area contributed by atoms with Crippen molar-refractivity contribution >= 4 is 11.3 Å². The zero-order chi connectivity index (χ0) is 14.3. The lowest BCUT2D eigenvalue weighted by Crippen LogP contribution is -2.40. The SMILES string of the molecule is C=CCN(Cc1ccc(CNCCC)s1)C(C)(C)C. The van der Waals surface area contributed by atoms with Crippen LogP contribution in [-0.4, -0.2) is 23.5 Å². The fraction of sp³-hybridized carbons (Fsp3) is 0.625. The zero-order valence-electron chi connectivity index (χ0n) is 12.8. The Morgan fingerprint density at radius 3 is 2.58 bits per heavy atom. The van der Waals surface area contributed by atoms with Crippen LogP contribution in [0.25, 0.3) is 0 Å². The van der Waals surface area contributed by atoms with Crippen LogP contribution in [0.5, 0.6) is 0 Å². The Bertz CT molecular complexity index is 376. The molecule has 0 spiro atoms. The molecule has 0 fully saturated rings. The lowest BCUT2D eigenvalue weighted by Gasteiger charge is -2.34. The highest BCUT2D eigenvalue weighted by Gasteiger charge is 2.20. The van der Waals surface area contributed by atoms with Crippen molar-refractivity contribution in [1.29, 1.82) is 0 Å². The van der Waals surface area contributed by atoms with Crippen molar-refractivity contribution in [3.05, 3.63) is 34.5 Å². The highest BCUT2D eigenvalue weighted by molar-refractivity contribution is 7.11. The second-order valence-electron chi connectivity index (χ2n) is 5.88. The number of rotatable bonds is 8. The van der Waals surface area contributed by atoms with Crippen LogP contribution in [0, 0.1) is 0 Å². The van der Waals surface area contributed by atoms with Gasteiger partial charge in [0.25, 0.3) is 0 Å². The van der Waals surface area contributed by atoms with E-state index in [4.69, 9.17) is 0 Å². The summed E-state index contributed by atoms with van der Waals surface area (Å²) in [7, 11) is 0. The summed E-state index contributed by atoms with van der Waals surface area (Å²) in [6.07, 6.45) is 3.18. The third-order valence-electron chi connectivity index (χ3n) is 3.09. The molecule has 19 heavy (non-hydrogen) atoms. The van der Waals surface area contributed by atoms with Gasteiger partial charge in [-0.05, 0) is 45.9 Å². The third-order valence-corrected chi connectivity index (χ3v) is 4.16. The predicted molar refractivity (Wildman–Crippen MR) is 86.7 cm³/mol. The molecule has 1 aromatic rings. The molecule has 0 amide bonds. The number of hydrogen-bond donors (Lipinski definition) is 1. The monoisotopic (exact) mass is 280 g/mol. The first kappa shape index (κ1) is 16.4.